The maximum Gasteiger partial charge on any atom is 0.472 e. The molecule has 0 aliphatic carbocycles. The molecule has 0 spiro atoms. The Morgan fingerprint density at radius 3 is 2.42 bits per heavy atom. The molecular formula is C8H19ClN3+. The third-order valence-electron chi connectivity index (χ3n) is 1.26. The minimum Gasteiger partial charge on any atom is -1.00 e. The van der Waals surface area contributed by atoms with Crippen molar-refractivity contribution in [1.29, 1.82) is 0 Å². The van der Waals surface area contributed by atoms with Gasteiger partial charge in [0.25, 0.3) is 0 Å². The van der Waals surface area contributed by atoms with E-state index in [1.54, 1.807) is 0 Å². The maximum atomic E-state index is 3.05. The molecule has 0 fully saturated rings. The second kappa shape index (κ2) is 10.6. The van der Waals surface area contributed by atoms with E-state index < -0.39 is 0 Å². The van der Waals surface area contributed by atoms with E-state index in [1.165, 1.54) is 0 Å². The topological polar surface area (TPSA) is 31.2 Å². The lowest BCUT2D eigenvalue weighted by Gasteiger charge is -2.04. The first kappa shape index (κ1) is 14.2. The van der Waals surface area contributed by atoms with Crippen molar-refractivity contribution in [2.75, 3.05) is 33.7 Å². The third kappa shape index (κ3) is 12.3. The van der Waals surface area contributed by atoms with Gasteiger partial charge in [0.1, 0.15) is 0 Å². The summed E-state index contributed by atoms with van der Waals surface area (Å²) in [6.07, 6.45) is 1.16. The number of halogens is 1. The quantitative estimate of drug-likeness (QED) is 0.330. The standard InChI is InChI=1S/C8H17N3.ClH/c1-4-9-8-10-6-5-7-11(2)3;/h4-7H2,1-3H3;1H/p+1. The lowest BCUT2D eigenvalue weighted by Crippen LogP contribution is -3.00. The largest absolute Gasteiger partial charge is 1.00 e. The minimum absolute atomic E-state index is 0. The Hall–Kier alpha value is -0.370. The fourth-order valence-electron chi connectivity index (χ4n) is 0.697. The highest BCUT2D eigenvalue weighted by molar-refractivity contribution is 5.22. The second-order valence-corrected chi connectivity index (χ2v) is 2.74. The van der Waals surface area contributed by atoms with Crippen LogP contribution in [-0.4, -0.2) is 44.6 Å². The Morgan fingerprint density at radius 2 is 1.92 bits per heavy atom. The number of nitrogens with one attached hydrogen (secondary N) is 2. The first-order valence-electron chi connectivity index (χ1n) is 4.12. The summed E-state index contributed by atoms with van der Waals surface area (Å²) in [5.41, 5.74) is 0. The number of hydrogen-bond acceptors (Lipinski definition) is 1. The van der Waals surface area contributed by atoms with Crippen LogP contribution < -0.4 is 22.4 Å². The molecule has 0 saturated heterocycles. The maximum absolute atomic E-state index is 3.05. The van der Waals surface area contributed by atoms with Crippen LogP contribution in [0.4, 0.5) is 0 Å². The Labute approximate surface area is 81.0 Å². The molecule has 3 nitrogen and oxygen atoms in total. The summed E-state index contributed by atoms with van der Waals surface area (Å²) in [4.78, 5) is 8.19. The van der Waals surface area contributed by atoms with Gasteiger partial charge in [0.15, 0.2) is 13.1 Å². The van der Waals surface area contributed by atoms with Crippen molar-refractivity contribution in [2.24, 2.45) is 0 Å². The summed E-state index contributed by atoms with van der Waals surface area (Å²) in [6.45, 7) is 5.10. The number of nitrogens with zero attached hydrogens (tertiary/aromatic N) is 1. The predicted octanol–water partition coefficient (Wildman–Crippen LogP) is -5.70. The Morgan fingerprint density at radius 1 is 1.25 bits per heavy atom. The fraction of sp³-hybridized carbons (Fsp3) is 0.875. The zero-order valence-electron chi connectivity index (χ0n) is 8.15. The van der Waals surface area contributed by atoms with Crippen molar-refractivity contribution in [2.45, 2.75) is 13.3 Å². The van der Waals surface area contributed by atoms with Gasteiger partial charge in [-0.3, -0.25) is 0 Å². The van der Waals surface area contributed by atoms with Crippen molar-refractivity contribution in [3.05, 3.63) is 0 Å². The molecule has 0 aliphatic rings. The summed E-state index contributed by atoms with van der Waals surface area (Å²) in [5.74, 6) is 0. The van der Waals surface area contributed by atoms with Crippen molar-refractivity contribution in [3.8, 4) is 0 Å². The Balaban J connectivity index is 0. The van der Waals surface area contributed by atoms with E-state index in [-0.39, 0.29) is 12.4 Å². The smallest absolute Gasteiger partial charge is 0.472 e. The summed E-state index contributed by atoms with van der Waals surface area (Å²) in [5, 5.41) is 0. The highest BCUT2D eigenvalue weighted by Crippen LogP contribution is 1.75. The fourth-order valence-corrected chi connectivity index (χ4v) is 0.697. The lowest BCUT2D eigenvalue weighted by molar-refractivity contribution is -0.522. The van der Waals surface area contributed by atoms with Gasteiger partial charge in [-0.1, -0.05) is 0 Å². The van der Waals surface area contributed by atoms with Gasteiger partial charge in [-0.2, -0.15) is 0 Å². The average Bonchev–Trinajstić information content (AvgIpc) is 1.96. The third-order valence-corrected chi connectivity index (χ3v) is 1.26. The minimum atomic E-state index is 0. The summed E-state index contributed by atoms with van der Waals surface area (Å²) < 4.78 is 0. The molecule has 2 N–H and O–H groups in total. The van der Waals surface area contributed by atoms with Gasteiger partial charge in [0.05, 0.1) is 0 Å². The van der Waals surface area contributed by atoms with E-state index in [9.17, 15) is 0 Å². The zero-order valence-corrected chi connectivity index (χ0v) is 8.91. The van der Waals surface area contributed by atoms with Crippen LogP contribution in [-0.2, 0) is 0 Å². The van der Waals surface area contributed by atoms with Crippen LogP contribution in [0.1, 0.15) is 13.3 Å². The van der Waals surface area contributed by atoms with Gasteiger partial charge in [0.2, 0.25) is 0 Å². The van der Waals surface area contributed by atoms with Gasteiger partial charge in [0, 0.05) is 13.0 Å². The van der Waals surface area contributed by atoms with Gasteiger partial charge in [-0.05, 0) is 21.0 Å². The van der Waals surface area contributed by atoms with Crippen LogP contribution in [0.25, 0.3) is 0 Å². The molecule has 0 heterocycles. The highest BCUT2D eigenvalue weighted by atomic mass is 35.5. The van der Waals surface area contributed by atoms with Crippen LogP contribution in [0, 0.1) is 0 Å². The van der Waals surface area contributed by atoms with Gasteiger partial charge in [-0.15, -0.1) is 9.98 Å². The van der Waals surface area contributed by atoms with E-state index in [0.717, 1.165) is 26.1 Å². The molecule has 72 valence electrons. The van der Waals surface area contributed by atoms with Gasteiger partial charge >= 0.3 is 6.01 Å². The molecule has 12 heavy (non-hydrogen) atoms. The summed E-state index contributed by atoms with van der Waals surface area (Å²) >= 11 is 0. The van der Waals surface area contributed by atoms with Crippen LogP contribution in [0.2, 0.25) is 0 Å². The molecule has 0 aromatic heterocycles. The van der Waals surface area contributed by atoms with Crippen molar-refractivity contribution in [1.82, 2.24) is 4.90 Å². The first-order chi connectivity index (χ1) is 5.27. The van der Waals surface area contributed by atoms with Crippen LogP contribution in [0.15, 0.2) is 0 Å². The molecule has 0 aromatic carbocycles. The monoisotopic (exact) mass is 192 g/mol. The molecule has 0 radical (unpaired) electrons. The lowest BCUT2D eigenvalue weighted by atomic mass is 10.4. The van der Waals surface area contributed by atoms with Crippen LogP contribution >= 0.6 is 0 Å². The van der Waals surface area contributed by atoms with E-state index in [0.29, 0.717) is 0 Å². The molecule has 0 bridgehead atoms. The zero-order chi connectivity index (χ0) is 8.53. The van der Waals surface area contributed by atoms with Gasteiger partial charge in [-0.25, -0.2) is 0 Å². The molecule has 0 amide bonds. The Kier molecular flexibility index (Phi) is 12.6. The SMILES string of the molecule is CC[NH+]=C=[NH+]CCCN(C)C.[Cl-]. The van der Waals surface area contributed by atoms with E-state index >= 15 is 0 Å². The number of rotatable bonds is 5. The van der Waals surface area contributed by atoms with Crippen molar-refractivity contribution in [3.63, 3.8) is 0 Å². The van der Waals surface area contributed by atoms with E-state index in [4.69, 9.17) is 0 Å². The first-order valence-corrected chi connectivity index (χ1v) is 4.12. The van der Waals surface area contributed by atoms with Crippen LogP contribution in [0.5, 0.6) is 0 Å². The molecular weight excluding hydrogens is 174 g/mol. The molecule has 0 aromatic rings. The van der Waals surface area contributed by atoms with Gasteiger partial charge < -0.3 is 17.3 Å². The molecule has 0 saturated carbocycles. The average molecular weight is 193 g/mol. The van der Waals surface area contributed by atoms with E-state index in [1.807, 2.05) is 0 Å². The van der Waals surface area contributed by atoms with Crippen LogP contribution in [0.3, 0.4) is 0 Å². The molecule has 0 rings (SSSR count). The second-order valence-electron chi connectivity index (χ2n) is 2.74. The number of hydrogen-bond donors (Lipinski definition) is 2. The normalized spacial score (nSPS) is 8.67. The molecule has 4 heteroatoms. The van der Waals surface area contributed by atoms with Crippen molar-refractivity contribution >= 4 is 6.01 Å². The molecule has 0 unspecified atom stereocenters. The highest BCUT2D eigenvalue weighted by Gasteiger charge is 1.90. The van der Waals surface area contributed by atoms with Crippen molar-refractivity contribution < 1.29 is 22.4 Å². The summed E-state index contributed by atoms with van der Waals surface area (Å²) in [6, 6.07) is 2.89. The summed E-state index contributed by atoms with van der Waals surface area (Å²) in [7, 11) is 4.16. The molecule has 0 atom stereocenters. The Bertz CT molecular complexity index is 139. The molecule has 0 aliphatic heterocycles. The predicted molar refractivity (Wildman–Crippen MR) is 45.5 cm³/mol. The van der Waals surface area contributed by atoms with E-state index in [2.05, 4.69) is 41.9 Å².